The number of hydrogen-bond acceptors (Lipinski definition) is 6. The molecule has 0 aliphatic carbocycles. The summed E-state index contributed by atoms with van der Waals surface area (Å²) < 4.78 is 42.8. The molecule has 6 nitrogen and oxygen atoms in total. The Bertz CT molecular complexity index is 834. The van der Waals surface area contributed by atoms with Crippen LogP contribution >= 0.6 is 0 Å². The number of nitrogens with zero attached hydrogens (tertiary/aromatic N) is 3. The highest BCUT2D eigenvalue weighted by atomic mass is 19.4. The Balaban J connectivity index is 1.64. The van der Waals surface area contributed by atoms with E-state index in [9.17, 15) is 13.2 Å². The van der Waals surface area contributed by atoms with Gasteiger partial charge in [-0.15, -0.1) is 0 Å². The van der Waals surface area contributed by atoms with Crippen LogP contribution in [-0.4, -0.2) is 49.4 Å². The molecule has 2 aliphatic heterocycles. The monoisotopic (exact) mass is 393 g/mol. The molecule has 1 aromatic carbocycles. The predicted molar refractivity (Wildman–Crippen MR) is 99.8 cm³/mol. The molecule has 1 aromatic heterocycles. The second-order valence-electron chi connectivity index (χ2n) is 7.30. The van der Waals surface area contributed by atoms with Crippen LogP contribution in [0.25, 0.3) is 0 Å². The molecule has 1 fully saturated rings. The van der Waals surface area contributed by atoms with Crippen molar-refractivity contribution in [1.29, 1.82) is 0 Å². The smallest absolute Gasteiger partial charge is 0.405 e. The summed E-state index contributed by atoms with van der Waals surface area (Å²) in [5, 5.41) is 5.68. The summed E-state index contributed by atoms with van der Waals surface area (Å²) >= 11 is 0. The third-order valence-electron chi connectivity index (χ3n) is 5.35. The highest BCUT2D eigenvalue weighted by Crippen LogP contribution is 2.39. The van der Waals surface area contributed by atoms with Gasteiger partial charge in [0.15, 0.2) is 0 Å². The van der Waals surface area contributed by atoms with E-state index < -0.39 is 12.7 Å². The molecule has 0 amide bonds. The lowest BCUT2D eigenvalue weighted by atomic mass is 9.78. The Morgan fingerprint density at radius 2 is 2.07 bits per heavy atom. The van der Waals surface area contributed by atoms with Gasteiger partial charge in [0.2, 0.25) is 5.95 Å². The Morgan fingerprint density at radius 3 is 2.71 bits per heavy atom. The van der Waals surface area contributed by atoms with Gasteiger partial charge in [-0.1, -0.05) is 0 Å². The SMILES string of the molecule is COc1ccc(N2Cc3cnc(NCC(F)(F)F)nc3C3(CCNC3)C2)cc1. The van der Waals surface area contributed by atoms with Crippen LogP contribution < -0.4 is 20.3 Å². The van der Waals surface area contributed by atoms with Crippen molar-refractivity contribution in [3.63, 3.8) is 0 Å². The first-order valence-corrected chi connectivity index (χ1v) is 9.15. The molecule has 9 heteroatoms. The van der Waals surface area contributed by atoms with Crippen LogP contribution in [-0.2, 0) is 12.0 Å². The quantitative estimate of drug-likeness (QED) is 0.833. The van der Waals surface area contributed by atoms with E-state index in [4.69, 9.17) is 4.74 Å². The molecule has 4 rings (SSSR count). The van der Waals surface area contributed by atoms with Crippen molar-refractivity contribution in [3.05, 3.63) is 41.7 Å². The molecule has 1 spiro atoms. The molecule has 1 atom stereocenters. The molecule has 0 saturated carbocycles. The van der Waals surface area contributed by atoms with Gasteiger partial charge in [-0.2, -0.15) is 13.2 Å². The van der Waals surface area contributed by atoms with E-state index in [1.54, 1.807) is 13.3 Å². The van der Waals surface area contributed by atoms with Crippen LogP contribution in [0.3, 0.4) is 0 Å². The topological polar surface area (TPSA) is 62.3 Å². The zero-order valence-electron chi connectivity index (χ0n) is 15.5. The molecule has 28 heavy (non-hydrogen) atoms. The zero-order chi connectivity index (χ0) is 19.8. The Hall–Kier alpha value is -2.55. The summed E-state index contributed by atoms with van der Waals surface area (Å²) in [6.07, 6.45) is -1.78. The van der Waals surface area contributed by atoms with Gasteiger partial charge in [0.05, 0.1) is 12.8 Å². The molecule has 150 valence electrons. The number of hydrogen-bond donors (Lipinski definition) is 2. The lowest BCUT2D eigenvalue weighted by Gasteiger charge is -2.41. The van der Waals surface area contributed by atoms with Gasteiger partial charge in [-0.25, -0.2) is 9.97 Å². The molecule has 1 saturated heterocycles. The van der Waals surface area contributed by atoms with Gasteiger partial charge in [0.1, 0.15) is 12.3 Å². The van der Waals surface area contributed by atoms with Crippen molar-refractivity contribution >= 4 is 11.6 Å². The van der Waals surface area contributed by atoms with E-state index in [0.29, 0.717) is 6.54 Å². The van der Waals surface area contributed by atoms with Gasteiger partial charge in [0.25, 0.3) is 0 Å². The number of benzene rings is 1. The van der Waals surface area contributed by atoms with Gasteiger partial charge >= 0.3 is 6.18 Å². The second kappa shape index (κ2) is 7.12. The molecule has 2 N–H and O–H groups in total. The fraction of sp³-hybridized carbons (Fsp3) is 0.474. The summed E-state index contributed by atoms with van der Waals surface area (Å²) in [6, 6.07) is 7.87. The third-order valence-corrected chi connectivity index (χ3v) is 5.35. The maximum absolute atomic E-state index is 12.5. The van der Waals surface area contributed by atoms with Crippen molar-refractivity contribution in [2.45, 2.75) is 24.6 Å². The number of aromatic nitrogens is 2. The Labute approximate surface area is 161 Å². The molecule has 2 aliphatic rings. The van der Waals surface area contributed by atoms with Crippen LogP contribution in [0.15, 0.2) is 30.5 Å². The van der Waals surface area contributed by atoms with E-state index in [0.717, 1.165) is 48.7 Å². The summed E-state index contributed by atoms with van der Waals surface area (Å²) in [6.45, 7) is 1.81. The fourth-order valence-electron chi connectivity index (χ4n) is 4.00. The highest BCUT2D eigenvalue weighted by Gasteiger charge is 2.44. The molecule has 0 radical (unpaired) electrons. The number of nitrogens with one attached hydrogen (secondary N) is 2. The minimum atomic E-state index is -4.31. The first-order valence-electron chi connectivity index (χ1n) is 9.15. The summed E-state index contributed by atoms with van der Waals surface area (Å²) in [4.78, 5) is 10.9. The summed E-state index contributed by atoms with van der Waals surface area (Å²) in [7, 11) is 1.63. The minimum absolute atomic E-state index is 0.0280. The third kappa shape index (κ3) is 3.71. The number of ether oxygens (including phenoxy) is 1. The summed E-state index contributed by atoms with van der Waals surface area (Å²) in [5.74, 6) is 0.822. The molecule has 3 heterocycles. The van der Waals surface area contributed by atoms with Gasteiger partial charge in [-0.05, 0) is 37.2 Å². The fourth-order valence-corrected chi connectivity index (χ4v) is 4.00. The van der Waals surface area contributed by atoms with Crippen molar-refractivity contribution < 1.29 is 17.9 Å². The standard InChI is InChI=1S/C19H22F3N5O/c1-28-15-4-2-14(3-5-15)27-9-13-8-24-17(25-11-19(20,21)22)26-16(13)18(12-27)6-7-23-10-18/h2-5,8,23H,6-7,9-12H2,1H3,(H,24,25,26). The lowest BCUT2D eigenvalue weighted by molar-refractivity contribution is -0.115. The maximum atomic E-state index is 12.5. The van der Waals surface area contributed by atoms with E-state index in [2.05, 4.69) is 25.5 Å². The van der Waals surface area contributed by atoms with Crippen molar-refractivity contribution in [2.75, 3.05) is 43.5 Å². The van der Waals surface area contributed by atoms with E-state index in [-0.39, 0.29) is 11.4 Å². The number of methoxy groups -OCH3 is 1. The van der Waals surface area contributed by atoms with Crippen LogP contribution in [0, 0.1) is 0 Å². The number of alkyl halides is 3. The highest BCUT2D eigenvalue weighted by molar-refractivity contribution is 5.53. The second-order valence-corrected chi connectivity index (χ2v) is 7.30. The first-order chi connectivity index (χ1) is 13.4. The average molecular weight is 393 g/mol. The van der Waals surface area contributed by atoms with Crippen LogP contribution in [0.5, 0.6) is 5.75 Å². The van der Waals surface area contributed by atoms with E-state index in [1.165, 1.54) is 0 Å². The summed E-state index contributed by atoms with van der Waals surface area (Å²) in [5.41, 5.74) is 2.62. The van der Waals surface area contributed by atoms with Gasteiger partial charge < -0.3 is 20.3 Å². The molecular weight excluding hydrogens is 371 g/mol. The minimum Gasteiger partial charge on any atom is -0.497 e. The largest absolute Gasteiger partial charge is 0.497 e. The Morgan fingerprint density at radius 1 is 1.29 bits per heavy atom. The van der Waals surface area contributed by atoms with Gasteiger partial charge in [0, 0.05) is 42.5 Å². The van der Waals surface area contributed by atoms with E-state index >= 15 is 0 Å². The molecular formula is C19H22F3N5O. The number of fused-ring (bicyclic) bond motifs is 2. The predicted octanol–water partition coefficient (Wildman–Crippen LogP) is 2.71. The lowest BCUT2D eigenvalue weighted by Crippen LogP contribution is -2.48. The van der Waals surface area contributed by atoms with Crippen molar-refractivity contribution in [2.24, 2.45) is 0 Å². The number of anilines is 2. The van der Waals surface area contributed by atoms with Crippen LogP contribution in [0.1, 0.15) is 17.7 Å². The zero-order valence-corrected chi connectivity index (χ0v) is 15.5. The van der Waals surface area contributed by atoms with Gasteiger partial charge in [-0.3, -0.25) is 0 Å². The molecule has 0 bridgehead atoms. The maximum Gasteiger partial charge on any atom is 0.405 e. The van der Waals surface area contributed by atoms with Crippen molar-refractivity contribution in [1.82, 2.24) is 15.3 Å². The van der Waals surface area contributed by atoms with Crippen LogP contribution in [0.2, 0.25) is 0 Å². The van der Waals surface area contributed by atoms with Crippen molar-refractivity contribution in [3.8, 4) is 5.75 Å². The Kier molecular flexibility index (Phi) is 4.78. The number of rotatable bonds is 4. The molecule has 2 aromatic rings. The first kappa shape index (κ1) is 18.8. The van der Waals surface area contributed by atoms with E-state index in [1.807, 2.05) is 24.3 Å². The van der Waals surface area contributed by atoms with Crippen LogP contribution in [0.4, 0.5) is 24.8 Å². The number of halogens is 3. The normalized spacial score (nSPS) is 21.6. The average Bonchev–Trinajstić information content (AvgIpc) is 3.15. The molecule has 1 unspecified atom stereocenters.